The first-order chi connectivity index (χ1) is 13.7. The van der Waals surface area contributed by atoms with Crippen LogP contribution in [0.3, 0.4) is 0 Å². The van der Waals surface area contributed by atoms with Gasteiger partial charge in [0.25, 0.3) is 0 Å². The number of benzene rings is 2. The highest BCUT2D eigenvalue weighted by molar-refractivity contribution is 5.58. The predicted octanol–water partition coefficient (Wildman–Crippen LogP) is 3.97. The molecule has 0 amide bonds. The topological polar surface area (TPSA) is 51.5 Å². The van der Waals surface area contributed by atoms with Crippen LogP contribution in [-0.4, -0.2) is 50.8 Å². The maximum absolute atomic E-state index is 9.01. The van der Waals surface area contributed by atoms with E-state index in [1.165, 1.54) is 12.1 Å². The van der Waals surface area contributed by atoms with Gasteiger partial charge < -0.3 is 15.0 Å². The Labute approximate surface area is 168 Å². The summed E-state index contributed by atoms with van der Waals surface area (Å²) >= 11 is 0. The van der Waals surface area contributed by atoms with Crippen molar-refractivity contribution in [1.82, 2.24) is 4.90 Å². The molecular weight excluding hydrogens is 348 g/mol. The lowest BCUT2D eigenvalue weighted by molar-refractivity contribution is 0.251. The van der Waals surface area contributed by atoms with Crippen LogP contribution in [0.25, 0.3) is 0 Å². The molecule has 0 saturated carbocycles. The van der Waals surface area contributed by atoms with Gasteiger partial charge in [-0.05, 0) is 56.6 Å². The molecule has 1 fully saturated rings. The Balaban J connectivity index is 1.39. The zero-order chi connectivity index (χ0) is 19.8. The number of methoxy groups -OCH3 is 1. The molecule has 28 heavy (non-hydrogen) atoms. The lowest BCUT2D eigenvalue weighted by Gasteiger charge is -2.36. The molecule has 5 heteroatoms. The van der Waals surface area contributed by atoms with Crippen molar-refractivity contribution in [2.24, 2.45) is 0 Å². The van der Waals surface area contributed by atoms with Gasteiger partial charge in [-0.15, -0.1) is 0 Å². The Bertz CT molecular complexity index is 793. The lowest BCUT2D eigenvalue weighted by Crippen LogP contribution is -2.46. The molecule has 0 spiro atoms. The average Bonchev–Trinajstić information content (AvgIpc) is 2.74. The van der Waals surface area contributed by atoms with Crippen LogP contribution in [-0.2, 0) is 0 Å². The number of anilines is 2. The van der Waals surface area contributed by atoms with E-state index in [0.717, 1.165) is 50.6 Å². The Morgan fingerprint density at radius 3 is 2.64 bits per heavy atom. The van der Waals surface area contributed by atoms with Crippen LogP contribution in [0.1, 0.15) is 25.3 Å². The molecule has 1 aliphatic heterocycles. The van der Waals surface area contributed by atoms with E-state index in [0.29, 0.717) is 11.6 Å². The van der Waals surface area contributed by atoms with E-state index < -0.39 is 0 Å². The minimum absolute atomic E-state index is 0.392. The van der Waals surface area contributed by atoms with Gasteiger partial charge in [-0.2, -0.15) is 5.26 Å². The molecule has 148 valence electrons. The number of hydrogen-bond donors (Lipinski definition) is 1. The van der Waals surface area contributed by atoms with E-state index in [1.54, 1.807) is 7.11 Å². The highest BCUT2D eigenvalue weighted by Crippen LogP contribution is 2.28. The summed E-state index contributed by atoms with van der Waals surface area (Å²) in [5.41, 5.74) is 2.92. The summed E-state index contributed by atoms with van der Waals surface area (Å²) in [6.07, 6.45) is 2.28. The molecular formula is C23H30N4O. The van der Waals surface area contributed by atoms with Gasteiger partial charge in [0.05, 0.1) is 24.4 Å². The molecule has 0 aliphatic carbocycles. The standard InChI is InChI=1S/C23H30N4O/c1-19(25-21-9-5-8-20(17-21)18-24)7-6-12-26-13-15-27(16-14-26)22-10-3-4-11-23(22)28-2/h3-5,8-11,17,19,25H,6-7,12-16H2,1-2H3. The zero-order valence-corrected chi connectivity index (χ0v) is 16.9. The Kier molecular flexibility index (Phi) is 7.16. The summed E-state index contributed by atoms with van der Waals surface area (Å²) in [6.45, 7) is 7.58. The second-order valence-electron chi connectivity index (χ2n) is 7.38. The molecule has 0 bridgehead atoms. The quantitative estimate of drug-likeness (QED) is 0.753. The number of nitrogens with one attached hydrogen (secondary N) is 1. The fourth-order valence-electron chi connectivity index (χ4n) is 3.76. The summed E-state index contributed by atoms with van der Waals surface area (Å²) in [6, 6.07) is 18.5. The summed E-state index contributed by atoms with van der Waals surface area (Å²) in [5.74, 6) is 0.955. The number of piperazine rings is 1. The monoisotopic (exact) mass is 378 g/mol. The molecule has 1 atom stereocenters. The number of ether oxygens (including phenoxy) is 1. The molecule has 1 unspecified atom stereocenters. The van der Waals surface area contributed by atoms with Crippen molar-refractivity contribution in [3.8, 4) is 11.8 Å². The lowest BCUT2D eigenvalue weighted by atomic mass is 10.1. The maximum Gasteiger partial charge on any atom is 0.142 e. The summed E-state index contributed by atoms with van der Waals surface area (Å²) in [4.78, 5) is 4.97. The normalized spacial score (nSPS) is 15.7. The molecule has 5 nitrogen and oxygen atoms in total. The highest BCUT2D eigenvalue weighted by atomic mass is 16.5. The third-order valence-electron chi connectivity index (χ3n) is 5.31. The van der Waals surface area contributed by atoms with Crippen molar-refractivity contribution < 1.29 is 4.74 Å². The Morgan fingerprint density at radius 2 is 1.89 bits per heavy atom. The van der Waals surface area contributed by atoms with Crippen LogP contribution >= 0.6 is 0 Å². The van der Waals surface area contributed by atoms with E-state index in [1.807, 2.05) is 36.4 Å². The SMILES string of the molecule is COc1ccccc1N1CCN(CCCC(C)Nc2cccc(C#N)c2)CC1. The number of rotatable bonds is 8. The molecule has 3 rings (SSSR count). The number of nitriles is 1. The molecule has 0 aromatic heterocycles. The van der Waals surface area contributed by atoms with Crippen molar-refractivity contribution >= 4 is 11.4 Å². The zero-order valence-electron chi connectivity index (χ0n) is 16.9. The second-order valence-corrected chi connectivity index (χ2v) is 7.38. The fraction of sp³-hybridized carbons (Fsp3) is 0.435. The van der Waals surface area contributed by atoms with Crippen molar-refractivity contribution in [3.63, 3.8) is 0 Å². The fourth-order valence-corrected chi connectivity index (χ4v) is 3.76. The minimum Gasteiger partial charge on any atom is -0.495 e. The van der Waals surface area contributed by atoms with Gasteiger partial charge in [-0.3, -0.25) is 4.90 Å². The Hall–Kier alpha value is -2.71. The van der Waals surface area contributed by atoms with E-state index in [2.05, 4.69) is 40.2 Å². The minimum atomic E-state index is 0.392. The Morgan fingerprint density at radius 1 is 1.11 bits per heavy atom. The van der Waals surface area contributed by atoms with Crippen LogP contribution < -0.4 is 15.0 Å². The van der Waals surface area contributed by atoms with Gasteiger partial charge in [0.1, 0.15) is 5.75 Å². The van der Waals surface area contributed by atoms with Crippen LogP contribution in [0.15, 0.2) is 48.5 Å². The van der Waals surface area contributed by atoms with Crippen molar-refractivity contribution in [2.75, 3.05) is 50.1 Å². The number of hydrogen-bond acceptors (Lipinski definition) is 5. The van der Waals surface area contributed by atoms with Gasteiger partial charge in [0, 0.05) is 37.9 Å². The van der Waals surface area contributed by atoms with Gasteiger partial charge in [0.15, 0.2) is 0 Å². The maximum atomic E-state index is 9.01. The van der Waals surface area contributed by atoms with Crippen LogP contribution in [0, 0.1) is 11.3 Å². The van der Waals surface area contributed by atoms with Crippen molar-refractivity contribution in [2.45, 2.75) is 25.8 Å². The third-order valence-corrected chi connectivity index (χ3v) is 5.31. The molecule has 1 aliphatic rings. The van der Waals surface area contributed by atoms with Crippen LogP contribution in [0.4, 0.5) is 11.4 Å². The van der Waals surface area contributed by atoms with Crippen molar-refractivity contribution in [3.05, 3.63) is 54.1 Å². The smallest absolute Gasteiger partial charge is 0.142 e. The summed E-state index contributed by atoms with van der Waals surface area (Å²) in [5, 5.41) is 12.5. The number of para-hydroxylation sites is 2. The molecule has 2 aromatic carbocycles. The molecule has 2 aromatic rings. The first kappa shape index (κ1) is 20.0. The summed E-state index contributed by atoms with van der Waals surface area (Å²) in [7, 11) is 1.74. The first-order valence-corrected chi connectivity index (χ1v) is 10.1. The average molecular weight is 379 g/mol. The molecule has 1 N–H and O–H groups in total. The van der Waals surface area contributed by atoms with E-state index in [4.69, 9.17) is 10.00 Å². The van der Waals surface area contributed by atoms with Gasteiger partial charge in [-0.1, -0.05) is 18.2 Å². The largest absolute Gasteiger partial charge is 0.495 e. The van der Waals surface area contributed by atoms with Crippen LogP contribution in [0.2, 0.25) is 0 Å². The van der Waals surface area contributed by atoms with Gasteiger partial charge >= 0.3 is 0 Å². The molecule has 0 radical (unpaired) electrons. The summed E-state index contributed by atoms with van der Waals surface area (Å²) < 4.78 is 5.50. The van der Waals surface area contributed by atoms with Gasteiger partial charge in [-0.25, -0.2) is 0 Å². The predicted molar refractivity (Wildman–Crippen MR) is 115 cm³/mol. The van der Waals surface area contributed by atoms with Gasteiger partial charge in [0.2, 0.25) is 0 Å². The van der Waals surface area contributed by atoms with E-state index in [9.17, 15) is 0 Å². The second kappa shape index (κ2) is 10.0. The van der Waals surface area contributed by atoms with E-state index >= 15 is 0 Å². The molecule has 1 heterocycles. The third kappa shape index (κ3) is 5.40. The van der Waals surface area contributed by atoms with E-state index in [-0.39, 0.29) is 0 Å². The molecule has 1 saturated heterocycles. The van der Waals surface area contributed by atoms with Crippen LogP contribution in [0.5, 0.6) is 5.75 Å². The number of nitrogens with zero attached hydrogens (tertiary/aromatic N) is 3. The highest BCUT2D eigenvalue weighted by Gasteiger charge is 2.19. The first-order valence-electron chi connectivity index (χ1n) is 10.1. The van der Waals surface area contributed by atoms with Crippen molar-refractivity contribution in [1.29, 1.82) is 5.26 Å².